The molecule has 0 saturated heterocycles. The molecule has 2 rings (SSSR count). The van der Waals surface area contributed by atoms with Crippen molar-refractivity contribution in [2.75, 3.05) is 14.2 Å². The third-order valence-corrected chi connectivity index (χ3v) is 3.12. The van der Waals surface area contributed by atoms with E-state index in [1.807, 2.05) is 0 Å². The summed E-state index contributed by atoms with van der Waals surface area (Å²) in [5.41, 5.74) is 0.0812. The van der Waals surface area contributed by atoms with Crippen LogP contribution in [0.25, 0.3) is 0 Å². The van der Waals surface area contributed by atoms with E-state index in [2.05, 4.69) is 0 Å². The van der Waals surface area contributed by atoms with Gasteiger partial charge in [-0.15, -0.1) is 0 Å². The Morgan fingerprint density at radius 2 is 1.70 bits per heavy atom. The summed E-state index contributed by atoms with van der Waals surface area (Å²) in [4.78, 5) is 12.4. The van der Waals surface area contributed by atoms with Crippen LogP contribution >= 0.6 is 11.6 Å². The quantitative estimate of drug-likeness (QED) is 0.806. The molecule has 104 valence electrons. The summed E-state index contributed by atoms with van der Waals surface area (Å²) in [5.74, 6) is -0.296. The van der Waals surface area contributed by atoms with Crippen LogP contribution in [0.5, 0.6) is 11.5 Å². The Morgan fingerprint density at radius 1 is 1.10 bits per heavy atom. The summed E-state index contributed by atoms with van der Waals surface area (Å²) >= 11 is 5.90. The van der Waals surface area contributed by atoms with E-state index >= 15 is 0 Å². The van der Waals surface area contributed by atoms with Crippen molar-refractivity contribution in [2.45, 2.75) is 0 Å². The second-order valence-electron chi connectivity index (χ2n) is 4.03. The molecule has 0 spiro atoms. The molecule has 0 atom stereocenters. The molecular formula is C15H12ClFO3. The van der Waals surface area contributed by atoms with Gasteiger partial charge in [0.25, 0.3) is 0 Å². The lowest BCUT2D eigenvalue weighted by atomic mass is 10.0. The van der Waals surface area contributed by atoms with Gasteiger partial charge >= 0.3 is 0 Å². The minimum Gasteiger partial charge on any atom is -0.497 e. The number of hydrogen-bond donors (Lipinski definition) is 0. The topological polar surface area (TPSA) is 35.5 Å². The third kappa shape index (κ3) is 2.75. The molecule has 0 aromatic heterocycles. The fourth-order valence-electron chi connectivity index (χ4n) is 1.80. The molecule has 0 N–H and O–H groups in total. The maximum Gasteiger partial charge on any atom is 0.197 e. The molecule has 0 unspecified atom stereocenters. The summed E-state index contributed by atoms with van der Waals surface area (Å²) < 4.78 is 24.0. The first-order valence-electron chi connectivity index (χ1n) is 5.78. The molecule has 0 aliphatic carbocycles. The molecule has 0 heterocycles. The zero-order valence-corrected chi connectivity index (χ0v) is 11.7. The SMILES string of the molecule is COc1cc(OC)cc(C(=O)c2c(F)cccc2Cl)c1. The molecular weight excluding hydrogens is 283 g/mol. The van der Waals surface area contributed by atoms with Crippen LogP contribution in [0.1, 0.15) is 15.9 Å². The Morgan fingerprint density at radius 3 is 2.20 bits per heavy atom. The number of benzene rings is 2. The average Bonchev–Trinajstić information content (AvgIpc) is 2.46. The minimum absolute atomic E-state index is 0.0665. The van der Waals surface area contributed by atoms with Gasteiger partial charge in [0.15, 0.2) is 5.78 Å². The maximum absolute atomic E-state index is 13.8. The van der Waals surface area contributed by atoms with Crippen molar-refractivity contribution < 1.29 is 18.7 Å². The zero-order chi connectivity index (χ0) is 14.7. The van der Waals surface area contributed by atoms with Gasteiger partial charge in [-0.2, -0.15) is 0 Å². The fourth-order valence-corrected chi connectivity index (χ4v) is 2.05. The predicted molar refractivity (Wildman–Crippen MR) is 74.4 cm³/mol. The van der Waals surface area contributed by atoms with E-state index in [0.29, 0.717) is 11.5 Å². The van der Waals surface area contributed by atoms with E-state index in [1.54, 1.807) is 6.07 Å². The fraction of sp³-hybridized carbons (Fsp3) is 0.133. The molecule has 0 aliphatic rings. The molecule has 2 aromatic rings. The van der Waals surface area contributed by atoms with Gasteiger partial charge in [0.05, 0.1) is 24.8 Å². The molecule has 0 fully saturated rings. The van der Waals surface area contributed by atoms with E-state index in [4.69, 9.17) is 21.1 Å². The molecule has 0 amide bonds. The van der Waals surface area contributed by atoms with E-state index in [9.17, 15) is 9.18 Å². The van der Waals surface area contributed by atoms with Crippen molar-refractivity contribution in [1.29, 1.82) is 0 Å². The van der Waals surface area contributed by atoms with Crippen LogP contribution in [0.15, 0.2) is 36.4 Å². The standard InChI is InChI=1S/C15H12ClFO3/c1-19-10-6-9(7-11(8-10)20-2)15(18)14-12(16)4-3-5-13(14)17/h3-8H,1-2H3. The van der Waals surface area contributed by atoms with Crippen LogP contribution in [0.4, 0.5) is 4.39 Å². The van der Waals surface area contributed by atoms with Crippen molar-refractivity contribution in [3.63, 3.8) is 0 Å². The summed E-state index contributed by atoms with van der Waals surface area (Å²) in [6.07, 6.45) is 0. The number of methoxy groups -OCH3 is 2. The van der Waals surface area contributed by atoms with Crippen molar-refractivity contribution in [3.8, 4) is 11.5 Å². The van der Waals surface area contributed by atoms with Gasteiger partial charge in [-0.3, -0.25) is 4.79 Å². The number of carbonyl (C=O) groups is 1. The molecule has 3 nitrogen and oxygen atoms in total. The zero-order valence-electron chi connectivity index (χ0n) is 10.9. The smallest absolute Gasteiger partial charge is 0.197 e. The van der Waals surface area contributed by atoms with Gasteiger partial charge in [0.1, 0.15) is 17.3 Å². The minimum atomic E-state index is -0.663. The molecule has 2 aromatic carbocycles. The number of carbonyl (C=O) groups excluding carboxylic acids is 1. The lowest BCUT2D eigenvalue weighted by Gasteiger charge is -2.09. The molecule has 0 saturated carbocycles. The highest BCUT2D eigenvalue weighted by atomic mass is 35.5. The maximum atomic E-state index is 13.8. The van der Waals surface area contributed by atoms with Crippen LogP contribution in [-0.2, 0) is 0 Å². The van der Waals surface area contributed by atoms with E-state index in [-0.39, 0.29) is 16.1 Å². The van der Waals surface area contributed by atoms with Crippen LogP contribution < -0.4 is 9.47 Å². The number of ether oxygens (including phenoxy) is 2. The van der Waals surface area contributed by atoms with Crippen molar-refractivity contribution in [2.24, 2.45) is 0 Å². The van der Waals surface area contributed by atoms with Gasteiger partial charge in [-0.1, -0.05) is 17.7 Å². The lowest BCUT2D eigenvalue weighted by Crippen LogP contribution is -2.06. The van der Waals surface area contributed by atoms with Gasteiger partial charge in [-0.05, 0) is 24.3 Å². The highest BCUT2D eigenvalue weighted by Crippen LogP contribution is 2.27. The van der Waals surface area contributed by atoms with Crippen LogP contribution in [0, 0.1) is 5.82 Å². The van der Waals surface area contributed by atoms with Gasteiger partial charge in [0, 0.05) is 11.6 Å². The highest BCUT2D eigenvalue weighted by molar-refractivity contribution is 6.35. The predicted octanol–water partition coefficient (Wildman–Crippen LogP) is 3.73. The number of hydrogen-bond acceptors (Lipinski definition) is 3. The summed E-state index contributed by atoms with van der Waals surface area (Å²) in [7, 11) is 2.94. The van der Waals surface area contributed by atoms with Crippen molar-refractivity contribution >= 4 is 17.4 Å². The molecule has 20 heavy (non-hydrogen) atoms. The Bertz CT molecular complexity index is 613. The highest BCUT2D eigenvalue weighted by Gasteiger charge is 2.19. The Kier molecular flexibility index (Phi) is 4.25. The van der Waals surface area contributed by atoms with Gasteiger partial charge in [0.2, 0.25) is 0 Å². The first kappa shape index (κ1) is 14.3. The summed E-state index contributed by atoms with van der Waals surface area (Å²) in [6, 6.07) is 8.74. The van der Waals surface area contributed by atoms with Crippen LogP contribution in [-0.4, -0.2) is 20.0 Å². The Balaban J connectivity index is 2.53. The summed E-state index contributed by atoms with van der Waals surface area (Å²) in [5, 5.41) is 0.0665. The van der Waals surface area contributed by atoms with Gasteiger partial charge in [-0.25, -0.2) is 4.39 Å². The third-order valence-electron chi connectivity index (χ3n) is 2.80. The van der Waals surface area contributed by atoms with Crippen LogP contribution in [0.3, 0.4) is 0 Å². The molecule has 5 heteroatoms. The van der Waals surface area contributed by atoms with Crippen LogP contribution in [0.2, 0.25) is 5.02 Å². The Hall–Kier alpha value is -2.07. The largest absolute Gasteiger partial charge is 0.497 e. The Labute approximate surface area is 120 Å². The normalized spacial score (nSPS) is 10.2. The first-order valence-corrected chi connectivity index (χ1v) is 6.16. The van der Waals surface area contributed by atoms with Crippen molar-refractivity contribution in [1.82, 2.24) is 0 Å². The molecule has 0 bridgehead atoms. The molecule has 0 radical (unpaired) electrons. The monoisotopic (exact) mass is 294 g/mol. The second-order valence-corrected chi connectivity index (χ2v) is 4.43. The van der Waals surface area contributed by atoms with E-state index in [1.165, 1.54) is 44.6 Å². The molecule has 0 aliphatic heterocycles. The first-order chi connectivity index (χ1) is 9.56. The van der Waals surface area contributed by atoms with E-state index in [0.717, 1.165) is 0 Å². The van der Waals surface area contributed by atoms with Crippen molar-refractivity contribution in [3.05, 3.63) is 58.4 Å². The average molecular weight is 295 g/mol. The lowest BCUT2D eigenvalue weighted by molar-refractivity contribution is 0.103. The number of halogens is 2. The number of ketones is 1. The number of rotatable bonds is 4. The second kappa shape index (κ2) is 5.92. The summed E-state index contributed by atoms with van der Waals surface area (Å²) in [6.45, 7) is 0. The van der Waals surface area contributed by atoms with Gasteiger partial charge < -0.3 is 9.47 Å². The van der Waals surface area contributed by atoms with E-state index < -0.39 is 11.6 Å².